The van der Waals surface area contributed by atoms with Crippen molar-refractivity contribution in [3.63, 3.8) is 0 Å². The first-order valence-corrected chi connectivity index (χ1v) is 5.95. The molecule has 0 saturated carbocycles. The van der Waals surface area contributed by atoms with E-state index in [4.69, 9.17) is 4.74 Å². The van der Waals surface area contributed by atoms with E-state index in [0.717, 1.165) is 26.0 Å². The molecule has 1 aliphatic heterocycles. The summed E-state index contributed by atoms with van der Waals surface area (Å²) in [7, 11) is 0. The summed E-state index contributed by atoms with van der Waals surface area (Å²) in [6, 6.07) is 0.492. The Bertz CT molecular complexity index is 186. The van der Waals surface area contributed by atoms with Crippen LogP contribution < -0.4 is 0 Å². The Kier molecular flexibility index (Phi) is 4.29. The highest BCUT2D eigenvalue weighted by Crippen LogP contribution is 2.30. The highest BCUT2D eigenvalue weighted by molar-refractivity contribution is 7.77. The van der Waals surface area contributed by atoms with Crippen LogP contribution in [0.25, 0.3) is 0 Å². The zero-order valence-corrected chi connectivity index (χ0v) is 10.7. The zero-order valence-electron chi connectivity index (χ0n) is 9.79. The van der Waals surface area contributed by atoms with E-state index in [1.54, 1.807) is 0 Å². The summed E-state index contributed by atoms with van der Waals surface area (Å²) < 4.78 is 8.13. The van der Waals surface area contributed by atoms with Gasteiger partial charge in [-0.2, -0.15) is 0 Å². The lowest BCUT2D eigenvalue weighted by atomic mass is 9.85. The Morgan fingerprint density at radius 2 is 2.14 bits per heavy atom. The van der Waals surface area contributed by atoms with E-state index >= 15 is 0 Å². The van der Waals surface area contributed by atoms with Crippen molar-refractivity contribution in [3.8, 4) is 0 Å². The van der Waals surface area contributed by atoms with Crippen LogP contribution in [-0.2, 0) is 4.74 Å². The highest BCUT2D eigenvalue weighted by atomic mass is 32.1. The van der Waals surface area contributed by atoms with E-state index in [1.807, 2.05) is 0 Å². The Morgan fingerprint density at radius 1 is 1.50 bits per heavy atom. The normalized spacial score (nSPS) is 36.9. The van der Waals surface area contributed by atoms with Crippen molar-refractivity contribution in [1.29, 1.82) is 0 Å². The van der Waals surface area contributed by atoms with Crippen LogP contribution >= 0.6 is 12.8 Å². The smallest absolute Gasteiger partial charge is 0.0692 e. The lowest BCUT2D eigenvalue weighted by Gasteiger charge is -2.40. The van der Waals surface area contributed by atoms with Gasteiger partial charge in [0.05, 0.1) is 5.60 Å². The van der Waals surface area contributed by atoms with E-state index in [9.17, 15) is 0 Å². The first-order chi connectivity index (χ1) is 6.46. The van der Waals surface area contributed by atoms with E-state index in [1.165, 1.54) is 0 Å². The SMILES string of the molecule is CC(C)[C@]1(C)C[C@@H](C)N(S)CCCO1. The van der Waals surface area contributed by atoms with E-state index in [-0.39, 0.29) is 5.60 Å². The average Bonchev–Trinajstić information content (AvgIpc) is 2.10. The maximum Gasteiger partial charge on any atom is 0.0692 e. The van der Waals surface area contributed by atoms with Gasteiger partial charge in [0.25, 0.3) is 0 Å². The second-order valence-corrected chi connectivity index (χ2v) is 5.40. The van der Waals surface area contributed by atoms with Crippen LogP contribution in [0.1, 0.15) is 40.5 Å². The predicted octanol–water partition coefficient (Wildman–Crippen LogP) is 2.75. The van der Waals surface area contributed by atoms with Crippen molar-refractivity contribution < 1.29 is 4.74 Å². The van der Waals surface area contributed by atoms with Gasteiger partial charge in [-0.3, -0.25) is 4.31 Å². The van der Waals surface area contributed by atoms with E-state index in [0.29, 0.717) is 12.0 Å². The number of thiol groups is 1. The fourth-order valence-corrected chi connectivity index (χ4v) is 2.13. The molecular weight excluding hydrogens is 194 g/mol. The van der Waals surface area contributed by atoms with Gasteiger partial charge in [-0.05, 0) is 32.6 Å². The molecule has 2 nitrogen and oxygen atoms in total. The second kappa shape index (κ2) is 4.86. The largest absolute Gasteiger partial charge is 0.375 e. The number of hydrogen-bond acceptors (Lipinski definition) is 3. The Balaban J connectivity index is 2.67. The highest BCUT2D eigenvalue weighted by Gasteiger charge is 2.33. The predicted molar refractivity (Wildman–Crippen MR) is 63.6 cm³/mol. The summed E-state index contributed by atoms with van der Waals surface area (Å²) >= 11 is 4.50. The molecule has 0 aromatic heterocycles. The fraction of sp³-hybridized carbons (Fsp3) is 1.00. The van der Waals surface area contributed by atoms with Crippen LogP contribution in [0.15, 0.2) is 0 Å². The molecule has 0 unspecified atom stereocenters. The molecule has 14 heavy (non-hydrogen) atoms. The van der Waals surface area contributed by atoms with Crippen molar-refractivity contribution in [2.75, 3.05) is 13.2 Å². The summed E-state index contributed by atoms with van der Waals surface area (Å²) in [4.78, 5) is 0. The molecule has 1 fully saturated rings. The topological polar surface area (TPSA) is 12.5 Å². The third-order valence-corrected chi connectivity index (χ3v) is 3.99. The molecule has 0 aromatic carbocycles. The first kappa shape index (κ1) is 12.3. The first-order valence-electron chi connectivity index (χ1n) is 5.55. The van der Waals surface area contributed by atoms with Gasteiger partial charge in [0.2, 0.25) is 0 Å². The molecule has 0 amide bonds. The Morgan fingerprint density at radius 3 is 2.71 bits per heavy atom. The van der Waals surface area contributed by atoms with E-state index in [2.05, 4.69) is 44.8 Å². The fourth-order valence-electron chi connectivity index (χ4n) is 1.91. The van der Waals surface area contributed by atoms with Crippen molar-refractivity contribution >= 4 is 12.8 Å². The van der Waals surface area contributed by atoms with Crippen LogP contribution in [0, 0.1) is 5.92 Å². The van der Waals surface area contributed by atoms with Gasteiger partial charge in [-0.25, -0.2) is 0 Å². The van der Waals surface area contributed by atoms with Crippen LogP contribution in [0.2, 0.25) is 0 Å². The molecule has 1 aliphatic rings. The van der Waals surface area contributed by atoms with Crippen LogP contribution in [0.5, 0.6) is 0 Å². The van der Waals surface area contributed by atoms with Gasteiger partial charge in [-0.1, -0.05) is 26.7 Å². The minimum Gasteiger partial charge on any atom is -0.375 e. The summed E-state index contributed by atoms with van der Waals surface area (Å²) in [5.41, 5.74) is 0.0147. The van der Waals surface area contributed by atoms with Gasteiger partial charge in [0.1, 0.15) is 0 Å². The molecule has 2 atom stereocenters. The molecule has 0 spiro atoms. The van der Waals surface area contributed by atoms with Crippen molar-refractivity contribution in [1.82, 2.24) is 4.31 Å². The number of ether oxygens (including phenoxy) is 1. The molecular formula is C11H23NOS. The maximum atomic E-state index is 5.99. The lowest BCUT2D eigenvalue weighted by Crippen LogP contribution is -2.44. The molecule has 1 saturated heterocycles. The molecule has 0 radical (unpaired) electrons. The van der Waals surface area contributed by atoms with Gasteiger partial charge in [-0.15, -0.1) is 0 Å². The minimum absolute atomic E-state index is 0.0147. The van der Waals surface area contributed by atoms with Gasteiger partial charge < -0.3 is 4.74 Å². The average molecular weight is 217 g/mol. The zero-order chi connectivity index (χ0) is 10.8. The van der Waals surface area contributed by atoms with E-state index < -0.39 is 0 Å². The molecule has 0 aromatic rings. The third-order valence-electron chi connectivity index (χ3n) is 3.39. The second-order valence-electron chi connectivity index (χ2n) is 4.89. The molecule has 0 bridgehead atoms. The molecule has 1 heterocycles. The van der Waals surface area contributed by atoms with Crippen molar-refractivity contribution in [3.05, 3.63) is 0 Å². The number of hydrogen-bond donors (Lipinski definition) is 1. The minimum atomic E-state index is 0.0147. The monoisotopic (exact) mass is 217 g/mol. The lowest BCUT2D eigenvalue weighted by molar-refractivity contribution is -0.0883. The molecule has 0 aliphatic carbocycles. The van der Waals surface area contributed by atoms with Crippen molar-refractivity contribution in [2.24, 2.45) is 5.92 Å². The quantitative estimate of drug-likeness (QED) is 0.678. The van der Waals surface area contributed by atoms with Crippen LogP contribution in [0.3, 0.4) is 0 Å². The molecule has 3 heteroatoms. The van der Waals surface area contributed by atoms with Gasteiger partial charge in [0.15, 0.2) is 0 Å². The van der Waals surface area contributed by atoms with Gasteiger partial charge in [0, 0.05) is 19.2 Å². The summed E-state index contributed by atoms with van der Waals surface area (Å²) in [5, 5.41) is 0. The summed E-state index contributed by atoms with van der Waals surface area (Å²) in [5.74, 6) is 0.560. The number of rotatable bonds is 1. The molecule has 84 valence electrons. The van der Waals surface area contributed by atoms with Crippen LogP contribution in [-0.4, -0.2) is 29.1 Å². The maximum absolute atomic E-state index is 5.99. The summed E-state index contributed by atoms with van der Waals surface area (Å²) in [6.45, 7) is 10.8. The van der Waals surface area contributed by atoms with Crippen LogP contribution in [0.4, 0.5) is 0 Å². The Labute approximate surface area is 93.5 Å². The Hall–Kier alpha value is 0.270. The van der Waals surface area contributed by atoms with Gasteiger partial charge >= 0.3 is 0 Å². The standard InChI is InChI=1S/C11H23NOS/c1-9(2)11(4)8-10(3)12(14)6-5-7-13-11/h9-10,14H,5-8H2,1-4H3/t10-,11+/m1/s1. The van der Waals surface area contributed by atoms with Crippen molar-refractivity contribution in [2.45, 2.75) is 52.2 Å². The molecule has 1 rings (SSSR count). The molecule has 0 N–H and O–H groups in total. The number of nitrogens with zero attached hydrogens (tertiary/aromatic N) is 1. The third kappa shape index (κ3) is 2.88. The summed E-state index contributed by atoms with van der Waals surface area (Å²) in [6.07, 6.45) is 2.14.